The Morgan fingerprint density at radius 1 is 1.10 bits per heavy atom. The normalized spacial score (nSPS) is 12.3. The van der Waals surface area contributed by atoms with Gasteiger partial charge >= 0.3 is 0 Å². The highest BCUT2D eigenvalue weighted by Gasteiger charge is 2.27. The molecule has 1 N–H and O–H groups in total. The molecule has 0 amide bonds. The minimum atomic E-state index is -3.03. The summed E-state index contributed by atoms with van der Waals surface area (Å²) in [6.07, 6.45) is 0.852. The Balaban J connectivity index is 2.09. The van der Waals surface area contributed by atoms with Gasteiger partial charge < -0.3 is 10.1 Å². The zero-order valence-corrected chi connectivity index (χ0v) is 13.4. The Morgan fingerprint density at radius 2 is 1.75 bits per heavy atom. The molecule has 0 aliphatic rings. The van der Waals surface area contributed by atoms with Gasteiger partial charge in [0.05, 0.1) is 17.1 Å². The standard InChI is InChI=1S/C15H25NO3S/c1-15(2,3)20(17,18)13-11-16-10-7-12-19-14-8-5-4-6-9-14/h4-6,8-9,16H,7,10-13H2,1-3H3. The third kappa shape index (κ3) is 5.92. The maximum atomic E-state index is 11.9. The van der Waals surface area contributed by atoms with Crippen molar-refractivity contribution in [2.24, 2.45) is 0 Å². The van der Waals surface area contributed by atoms with E-state index in [1.54, 1.807) is 20.8 Å². The van der Waals surface area contributed by atoms with Crippen LogP contribution in [0, 0.1) is 0 Å². The largest absolute Gasteiger partial charge is 0.494 e. The van der Waals surface area contributed by atoms with Gasteiger partial charge in [-0.2, -0.15) is 0 Å². The molecule has 0 heterocycles. The molecule has 0 unspecified atom stereocenters. The van der Waals surface area contributed by atoms with E-state index in [0.29, 0.717) is 13.2 Å². The molecule has 0 saturated heterocycles. The first-order chi connectivity index (χ1) is 9.33. The number of ether oxygens (including phenoxy) is 1. The van der Waals surface area contributed by atoms with E-state index in [0.717, 1.165) is 18.7 Å². The molecule has 0 radical (unpaired) electrons. The lowest BCUT2D eigenvalue weighted by Gasteiger charge is -2.19. The van der Waals surface area contributed by atoms with E-state index < -0.39 is 14.6 Å². The highest BCUT2D eigenvalue weighted by molar-refractivity contribution is 7.92. The number of para-hydroxylation sites is 1. The Kier molecular flexibility index (Phi) is 6.49. The van der Waals surface area contributed by atoms with E-state index in [1.165, 1.54) is 0 Å². The lowest BCUT2D eigenvalue weighted by atomic mass is 10.3. The second kappa shape index (κ2) is 7.64. The van der Waals surface area contributed by atoms with Crippen molar-refractivity contribution in [3.05, 3.63) is 30.3 Å². The molecule has 0 aliphatic carbocycles. The van der Waals surface area contributed by atoms with E-state index in [9.17, 15) is 8.42 Å². The van der Waals surface area contributed by atoms with Gasteiger partial charge in [-0.15, -0.1) is 0 Å². The average molecular weight is 299 g/mol. The van der Waals surface area contributed by atoms with Gasteiger partial charge in [-0.05, 0) is 45.9 Å². The highest BCUT2D eigenvalue weighted by Crippen LogP contribution is 2.15. The molecule has 0 aliphatic heterocycles. The molecule has 0 bridgehead atoms. The number of hydrogen-bond acceptors (Lipinski definition) is 4. The lowest BCUT2D eigenvalue weighted by molar-refractivity contribution is 0.309. The molecule has 20 heavy (non-hydrogen) atoms. The van der Waals surface area contributed by atoms with Gasteiger partial charge in [0.2, 0.25) is 0 Å². The van der Waals surface area contributed by atoms with Crippen molar-refractivity contribution in [3.63, 3.8) is 0 Å². The van der Waals surface area contributed by atoms with Crippen LogP contribution in [0.5, 0.6) is 5.75 Å². The molecule has 0 fully saturated rings. The number of sulfone groups is 1. The second-order valence-electron chi connectivity index (χ2n) is 5.70. The Bertz CT molecular complexity index is 478. The van der Waals surface area contributed by atoms with Crippen molar-refractivity contribution >= 4 is 9.84 Å². The zero-order valence-electron chi connectivity index (χ0n) is 12.6. The molecule has 0 atom stereocenters. The Hall–Kier alpha value is -1.07. The fourth-order valence-corrected chi connectivity index (χ4v) is 2.57. The number of benzene rings is 1. The number of nitrogens with one attached hydrogen (secondary N) is 1. The Morgan fingerprint density at radius 3 is 2.35 bits per heavy atom. The van der Waals surface area contributed by atoms with Crippen LogP contribution >= 0.6 is 0 Å². The molecule has 0 spiro atoms. The van der Waals surface area contributed by atoms with Crippen molar-refractivity contribution in [3.8, 4) is 5.75 Å². The van der Waals surface area contributed by atoms with Crippen LogP contribution in [0.15, 0.2) is 30.3 Å². The van der Waals surface area contributed by atoms with E-state index in [2.05, 4.69) is 5.32 Å². The third-order valence-corrected chi connectivity index (χ3v) is 5.60. The molecule has 1 aromatic carbocycles. The van der Waals surface area contributed by atoms with Crippen LogP contribution in [0.25, 0.3) is 0 Å². The second-order valence-corrected chi connectivity index (χ2v) is 8.56. The minimum Gasteiger partial charge on any atom is -0.494 e. The van der Waals surface area contributed by atoms with Crippen molar-refractivity contribution in [2.45, 2.75) is 31.9 Å². The van der Waals surface area contributed by atoms with Crippen LogP contribution in [-0.4, -0.2) is 38.6 Å². The van der Waals surface area contributed by atoms with Crippen LogP contribution in [0.4, 0.5) is 0 Å². The monoisotopic (exact) mass is 299 g/mol. The van der Waals surface area contributed by atoms with Crippen molar-refractivity contribution in [2.75, 3.05) is 25.4 Å². The average Bonchev–Trinajstić information content (AvgIpc) is 2.37. The molecule has 0 saturated carbocycles. The topological polar surface area (TPSA) is 55.4 Å². The van der Waals surface area contributed by atoms with Gasteiger partial charge in [0, 0.05) is 6.54 Å². The van der Waals surface area contributed by atoms with E-state index in [1.807, 2.05) is 30.3 Å². The quantitative estimate of drug-likeness (QED) is 0.748. The molecule has 114 valence electrons. The summed E-state index contributed by atoms with van der Waals surface area (Å²) in [6, 6.07) is 9.66. The fraction of sp³-hybridized carbons (Fsp3) is 0.600. The summed E-state index contributed by atoms with van der Waals surface area (Å²) < 4.78 is 28.6. The summed E-state index contributed by atoms with van der Waals surface area (Å²) in [4.78, 5) is 0. The molecular formula is C15H25NO3S. The van der Waals surface area contributed by atoms with Crippen molar-refractivity contribution in [1.82, 2.24) is 5.32 Å². The van der Waals surface area contributed by atoms with Crippen LogP contribution in [0.1, 0.15) is 27.2 Å². The van der Waals surface area contributed by atoms with Gasteiger partial charge in [-0.25, -0.2) is 8.42 Å². The molecular weight excluding hydrogens is 274 g/mol. The lowest BCUT2D eigenvalue weighted by Crippen LogP contribution is -2.35. The van der Waals surface area contributed by atoms with Crippen molar-refractivity contribution < 1.29 is 13.2 Å². The van der Waals surface area contributed by atoms with E-state index >= 15 is 0 Å². The SMILES string of the molecule is CC(C)(C)S(=O)(=O)CCNCCCOc1ccccc1. The summed E-state index contributed by atoms with van der Waals surface area (Å²) in [7, 11) is -3.03. The third-order valence-electron chi connectivity index (χ3n) is 2.99. The van der Waals surface area contributed by atoms with Gasteiger partial charge in [-0.3, -0.25) is 0 Å². The molecule has 1 aromatic rings. The summed E-state index contributed by atoms with van der Waals surface area (Å²) in [5.74, 6) is 1.04. The van der Waals surface area contributed by atoms with E-state index in [-0.39, 0.29) is 5.75 Å². The molecule has 5 heteroatoms. The number of hydrogen-bond donors (Lipinski definition) is 1. The van der Waals surface area contributed by atoms with Gasteiger partial charge in [-0.1, -0.05) is 18.2 Å². The Labute approximate surface area is 122 Å². The van der Waals surface area contributed by atoms with Crippen LogP contribution in [0.2, 0.25) is 0 Å². The molecule has 1 rings (SSSR count). The van der Waals surface area contributed by atoms with E-state index in [4.69, 9.17) is 4.74 Å². The first-order valence-corrected chi connectivity index (χ1v) is 8.59. The maximum Gasteiger partial charge on any atom is 0.156 e. The summed E-state index contributed by atoms with van der Waals surface area (Å²) in [5.41, 5.74) is 0. The molecule has 4 nitrogen and oxygen atoms in total. The first-order valence-electron chi connectivity index (χ1n) is 6.94. The minimum absolute atomic E-state index is 0.177. The van der Waals surface area contributed by atoms with Crippen molar-refractivity contribution in [1.29, 1.82) is 0 Å². The summed E-state index contributed by atoms with van der Waals surface area (Å²) in [5, 5.41) is 3.14. The van der Waals surface area contributed by atoms with Crippen LogP contribution in [0.3, 0.4) is 0 Å². The maximum absolute atomic E-state index is 11.9. The van der Waals surface area contributed by atoms with Gasteiger partial charge in [0.25, 0.3) is 0 Å². The van der Waals surface area contributed by atoms with Gasteiger partial charge in [0.1, 0.15) is 5.75 Å². The smallest absolute Gasteiger partial charge is 0.156 e. The predicted molar refractivity (Wildman–Crippen MR) is 83.0 cm³/mol. The van der Waals surface area contributed by atoms with Crippen LogP contribution in [-0.2, 0) is 9.84 Å². The summed E-state index contributed by atoms with van der Waals surface area (Å²) >= 11 is 0. The highest BCUT2D eigenvalue weighted by atomic mass is 32.2. The fourth-order valence-electron chi connectivity index (χ4n) is 1.54. The van der Waals surface area contributed by atoms with Crippen LogP contribution < -0.4 is 10.1 Å². The first kappa shape index (κ1) is 17.0. The molecule has 0 aromatic heterocycles. The van der Waals surface area contributed by atoms with Gasteiger partial charge in [0.15, 0.2) is 9.84 Å². The summed E-state index contributed by atoms with van der Waals surface area (Å²) in [6.45, 7) is 7.07. The predicted octanol–water partition coefficient (Wildman–Crippen LogP) is 2.26. The zero-order chi connectivity index (χ0) is 15.1. The number of rotatable bonds is 8.